The lowest BCUT2D eigenvalue weighted by Crippen LogP contribution is -2.52. The van der Waals surface area contributed by atoms with Crippen LogP contribution < -0.4 is 10.6 Å². The van der Waals surface area contributed by atoms with Crippen molar-refractivity contribution in [1.82, 2.24) is 10.6 Å². The lowest BCUT2D eigenvalue weighted by atomic mass is 9.81. The van der Waals surface area contributed by atoms with Crippen molar-refractivity contribution in [3.05, 3.63) is 0 Å². The molecule has 1 rings (SSSR count). The number of piperidine rings is 1. The molecule has 16 heavy (non-hydrogen) atoms. The van der Waals surface area contributed by atoms with Gasteiger partial charge in [-0.3, -0.25) is 4.79 Å². The van der Waals surface area contributed by atoms with E-state index < -0.39 is 17.4 Å². The van der Waals surface area contributed by atoms with Crippen molar-refractivity contribution in [2.45, 2.75) is 39.2 Å². The molecule has 0 aromatic heterocycles. The third kappa shape index (κ3) is 2.95. The van der Waals surface area contributed by atoms with Crippen molar-refractivity contribution in [3.8, 4) is 0 Å². The average Bonchev–Trinajstić information content (AvgIpc) is 2.26. The predicted octanol–water partition coefficient (Wildman–Crippen LogP) is 0.355. The molecule has 1 aliphatic rings. The zero-order valence-corrected chi connectivity index (χ0v) is 9.88. The van der Waals surface area contributed by atoms with Crippen LogP contribution in [0.4, 0.5) is 0 Å². The molecule has 0 radical (unpaired) electrons. The van der Waals surface area contributed by atoms with Crippen molar-refractivity contribution in [2.24, 2.45) is 5.41 Å². The van der Waals surface area contributed by atoms with Gasteiger partial charge in [-0.05, 0) is 32.7 Å². The monoisotopic (exact) mass is 228 g/mol. The highest BCUT2D eigenvalue weighted by molar-refractivity contribution is 5.87. The average molecular weight is 228 g/mol. The Morgan fingerprint density at radius 2 is 2.25 bits per heavy atom. The molecule has 0 aromatic carbocycles. The maximum absolute atomic E-state index is 12.0. The van der Waals surface area contributed by atoms with Gasteiger partial charge < -0.3 is 15.7 Å². The summed E-state index contributed by atoms with van der Waals surface area (Å²) < 4.78 is 0. The number of carboxylic acids is 1. The van der Waals surface area contributed by atoms with Crippen molar-refractivity contribution < 1.29 is 14.7 Å². The first-order valence-corrected chi connectivity index (χ1v) is 5.74. The topological polar surface area (TPSA) is 78.4 Å². The van der Waals surface area contributed by atoms with E-state index in [1.54, 1.807) is 6.92 Å². The number of amides is 1. The zero-order valence-electron chi connectivity index (χ0n) is 9.88. The van der Waals surface area contributed by atoms with Gasteiger partial charge in [0.1, 0.15) is 6.04 Å². The van der Waals surface area contributed by atoms with Gasteiger partial charge in [-0.1, -0.05) is 6.92 Å². The molecular weight excluding hydrogens is 208 g/mol. The quantitative estimate of drug-likeness (QED) is 0.649. The third-order valence-corrected chi connectivity index (χ3v) is 3.16. The molecule has 5 nitrogen and oxygen atoms in total. The molecule has 3 N–H and O–H groups in total. The molecule has 0 bridgehead atoms. The zero-order chi connectivity index (χ0) is 12.2. The first kappa shape index (κ1) is 13.0. The van der Waals surface area contributed by atoms with Crippen molar-refractivity contribution in [1.29, 1.82) is 0 Å². The Balaban J connectivity index is 2.59. The van der Waals surface area contributed by atoms with Crippen LogP contribution >= 0.6 is 0 Å². The highest BCUT2D eigenvalue weighted by atomic mass is 16.4. The molecule has 5 heteroatoms. The summed E-state index contributed by atoms with van der Waals surface area (Å²) in [6.07, 6.45) is 2.17. The van der Waals surface area contributed by atoms with Crippen LogP contribution in [-0.2, 0) is 9.59 Å². The van der Waals surface area contributed by atoms with E-state index in [1.165, 1.54) is 0 Å². The minimum atomic E-state index is -0.969. The molecule has 2 unspecified atom stereocenters. The lowest BCUT2D eigenvalue weighted by Gasteiger charge is -2.33. The Kier molecular flexibility index (Phi) is 4.29. The summed E-state index contributed by atoms with van der Waals surface area (Å²) in [6.45, 7) is 5.18. The molecule has 0 saturated carbocycles. The van der Waals surface area contributed by atoms with E-state index in [0.717, 1.165) is 19.4 Å². The second-order valence-electron chi connectivity index (χ2n) is 4.61. The molecule has 1 heterocycles. The number of carboxylic acid groups (broad SMARTS) is 1. The van der Waals surface area contributed by atoms with Crippen LogP contribution in [0.1, 0.15) is 33.1 Å². The number of carbonyl (C=O) groups is 2. The van der Waals surface area contributed by atoms with Crippen molar-refractivity contribution in [3.63, 3.8) is 0 Å². The van der Waals surface area contributed by atoms with Gasteiger partial charge in [0.25, 0.3) is 0 Å². The van der Waals surface area contributed by atoms with E-state index in [2.05, 4.69) is 10.6 Å². The van der Waals surface area contributed by atoms with Crippen LogP contribution in [0.5, 0.6) is 0 Å². The molecule has 2 atom stereocenters. The minimum absolute atomic E-state index is 0.158. The van der Waals surface area contributed by atoms with E-state index in [9.17, 15) is 9.59 Å². The summed E-state index contributed by atoms with van der Waals surface area (Å²) in [4.78, 5) is 22.8. The van der Waals surface area contributed by atoms with Crippen LogP contribution in [-0.4, -0.2) is 36.1 Å². The smallest absolute Gasteiger partial charge is 0.326 e. The third-order valence-electron chi connectivity index (χ3n) is 3.16. The first-order valence-electron chi connectivity index (χ1n) is 5.74. The number of nitrogens with one attached hydrogen (secondary N) is 2. The summed E-state index contributed by atoms with van der Waals surface area (Å²) in [6, 6.07) is -0.772. The number of rotatable bonds is 4. The summed E-state index contributed by atoms with van der Waals surface area (Å²) in [5, 5.41) is 14.6. The van der Waals surface area contributed by atoms with Gasteiger partial charge >= 0.3 is 5.97 Å². The molecule has 0 aromatic rings. The second kappa shape index (κ2) is 5.30. The molecular formula is C11H20N2O3. The summed E-state index contributed by atoms with van der Waals surface area (Å²) >= 11 is 0. The minimum Gasteiger partial charge on any atom is -0.480 e. The van der Waals surface area contributed by atoms with Gasteiger partial charge in [0.15, 0.2) is 0 Å². The largest absolute Gasteiger partial charge is 0.480 e. The van der Waals surface area contributed by atoms with Gasteiger partial charge in [0.05, 0.1) is 5.41 Å². The van der Waals surface area contributed by atoms with Crippen LogP contribution in [0.3, 0.4) is 0 Å². The van der Waals surface area contributed by atoms with Gasteiger partial charge in [0.2, 0.25) is 5.91 Å². The number of hydrogen-bond donors (Lipinski definition) is 3. The Labute approximate surface area is 95.6 Å². The van der Waals surface area contributed by atoms with Gasteiger partial charge in [-0.2, -0.15) is 0 Å². The normalized spacial score (nSPS) is 27.1. The lowest BCUT2D eigenvalue weighted by molar-refractivity contribution is -0.144. The predicted molar refractivity (Wildman–Crippen MR) is 60.1 cm³/mol. The van der Waals surface area contributed by atoms with Gasteiger partial charge in [0, 0.05) is 6.54 Å². The Hall–Kier alpha value is -1.10. The van der Waals surface area contributed by atoms with Crippen LogP contribution in [0.15, 0.2) is 0 Å². The summed E-state index contributed by atoms with van der Waals surface area (Å²) in [5.74, 6) is -1.13. The summed E-state index contributed by atoms with van der Waals surface area (Å²) in [5.41, 5.74) is -0.471. The SMILES string of the molecule is CCC(NC(=O)C1(C)CCCNC1)C(=O)O. The highest BCUT2D eigenvalue weighted by Crippen LogP contribution is 2.25. The molecule has 1 fully saturated rings. The fraction of sp³-hybridized carbons (Fsp3) is 0.818. The Bertz CT molecular complexity index is 272. The highest BCUT2D eigenvalue weighted by Gasteiger charge is 2.36. The van der Waals surface area contributed by atoms with E-state index >= 15 is 0 Å². The summed E-state index contributed by atoms with van der Waals surface area (Å²) in [7, 11) is 0. The van der Waals surface area contributed by atoms with Gasteiger partial charge in [-0.25, -0.2) is 4.79 Å². The van der Waals surface area contributed by atoms with Crippen LogP contribution in [0, 0.1) is 5.41 Å². The van der Waals surface area contributed by atoms with E-state index in [0.29, 0.717) is 13.0 Å². The van der Waals surface area contributed by atoms with E-state index in [1.807, 2.05) is 6.92 Å². The van der Waals surface area contributed by atoms with E-state index in [-0.39, 0.29) is 5.91 Å². The molecule has 1 saturated heterocycles. The molecule has 1 amide bonds. The maximum Gasteiger partial charge on any atom is 0.326 e. The van der Waals surface area contributed by atoms with Crippen molar-refractivity contribution >= 4 is 11.9 Å². The Morgan fingerprint density at radius 3 is 2.69 bits per heavy atom. The molecule has 92 valence electrons. The van der Waals surface area contributed by atoms with Gasteiger partial charge in [-0.15, -0.1) is 0 Å². The Morgan fingerprint density at radius 1 is 1.56 bits per heavy atom. The fourth-order valence-corrected chi connectivity index (χ4v) is 1.92. The van der Waals surface area contributed by atoms with Crippen LogP contribution in [0.25, 0.3) is 0 Å². The molecule has 1 aliphatic heterocycles. The van der Waals surface area contributed by atoms with Crippen LogP contribution in [0.2, 0.25) is 0 Å². The second-order valence-corrected chi connectivity index (χ2v) is 4.61. The molecule has 0 spiro atoms. The first-order chi connectivity index (χ1) is 7.49. The number of aliphatic carboxylic acids is 1. The van der Waals surface area contributed by atoms with E-state index in [4.69, 9.17) is 5.11 Å². The molecule has 0 aliphatic carbocycles. The number of carbonyl (C=O) groups excluding carboxylic acids is 1. The standard InChI is InChI=1S/C11H20N2O3/c1-3-8(9(14)15)13-10(16)11(2)5-4-6-12-7-11/h8,12H,3-7H2,1-2H3,(H,13,16)(H,14,15). The maximum atomic E-state index is 12.0. The van der Waals surface area contributed by atoms with Crippen molar-refractivity contribution in [2.75, 3.05) is 13.1 Å². The number of hydrogen-bond acceptors (Lipinski definition) is 3. The fourth-order valence-electron chi connectivity index (χ4n) is 1.92.